The monoisotopic (exact) mass is 170 g/mol. The average Bonchev–Trinajstić information content (AvgIpc) is 1.99. The summed E-state index contributed by atoms with van der Waals surface area (Å²) in [6.07, 6.45) is -0.685. The lowest BCUT2D eigenvalue weighted by molar-refractivity contribution is 0.198. The van der Waals surface area contributed by atoms with Gasteiger partial charge in [0.1, 0.15) is 0 Å². The number of rotatable bonds is 1. The van der Waals surface area contributed by atoms with Gasteiger partial charge in [-0.3, -0.25) is 0 Å². The smallest absolute Gasteiger partial charge is 0.167 e. The van der Waals surface area contributed by atoms with Gasteiger partial charge in [0.25, 0.3) is 0 Å². The highest BCUT2D eigenvalue weighted by atomic mass is 19.1. The normalized spacial score (nSPS) is 13.0. The first kappa shape index (κ1) is 9.00. The van der Waals surface area contributed by atoms with Crippen LogP contribution in [-0.2, 0) is 0 Å². The molecule has 0 aromatic heterocycles. The van der Waals surface area contributed by atoms with Gasteiger partial charge in [0.05, 0.1) is 6.10 Å². The molecule has 0 radical (unpaired) electrons. The van der Waals surface area contributed by atoms with Crippen LogP contribution in [0.2, 0.25) is 0 Å². The molecule has 0 heterocycles. The van der Waals surface area contributed by atoms with Crippen LogP contribution in [-0.4, -0.2) is 10.2 Å². The third-order valence-corrected chi connectivity index (χ3v) is 1.74. The summed E-state index contributed by atoms with van der Waals surface area (Å²) in [5, 5.41) is 18.2. The van der Waals surface area contributed by atoms with E-state index < -0.39 is 17.7 Å². The van der Waals surface area contributed by atoms with Crippen molar-refractivity contribution in [2.24, 2.45) is 0 Å². The summed E-state index contributed by atoms with van der Waals surface area (Å²) >= 11 is 0. The van der Waals surface area contributed by atoms with Crippen molar-refractivity contribution in [1.82, 2.24) is 0 Å². The van der Waals surface area contributed by atoms with Crippen LogP contribution in [0.3, 0.4) is 0 Å². The zero-order valence-corrected chi connectivity index (χ0v) is 7.00. The molecule has 1 rings (SSSR count). The average molecular weight is 170 g/mol. The van der Waals surface area contributed by atoms with Crippen molar-refractivity contribution in [2.75, 3.05) is 0 Å². The molecule has 66 valence electrons. The van der Waals surface area contributed by atoms with Crippen molar-refractivity contribution in [3.63, 3.8) is 0 Å². The van der Waals surface area contributed by atoms with Gasteiger partial charge < -0.3 is 10.2 Å². The lowest BCUT2D eigenvalue weighted by Gasteiger charge is -2.07. The van der Waals surface area contributed by atoms with E-state index in [-0.39, 0.29) is 0 Å². The van der Waals surface area contributed by atoms with Crippen LogP contribution in [0.1, 0.15) is 24.2 Å². The van der Waals surface area contributed by atoms with Gasteiger partial charge in [0, 0.05) is 0 Å². The molecule has 0 bridgehead atoms. The Hall–Kier alpha value is -1.09. The van der Waals surface area contributed by atoms with Crippen molar-refractivity contribution < 1.29 is 14.6 Å². The lowest BCUT2D eigenvalue weighted by Crippen LogP contribution is -1.93. The molecule has 0 aliphatic rings. The molecule has 1 unspecified atom stereocenters. The molecular formula is C9H11FO2. The Morgan fingerprint density at radius 2 is 2.00 bits per heavy atom. The van der Waals surface area contributed by atoms with Gasteiger partial charge in [-0.25, -0.2) is 4.39 Å². The Bertz CT molecular complexity index is 272. The molecule has 0 spiro atoms. The number of hydrogen-bond donors (Lipinski definition) is 2. The zero-order valence-electron chi connectivity index (χ0n) is 7.00. The summed E-state index contributed by atoms with van der Waals surface area (Å²) in [6, 6.07) is 2.74. The van der Waals surface area contributed by atoms with Gasteiger partial charge in [-0.1, -0.05) is 6.07 Å². The van der Waals surface area contributed by atoms with Gasteiger partial charge >= 0.3 is 0 Å². The Kier molecular flexibility index (Phi) is 2.33. The van der Waals surface area contributed by atoms with Gasteiger partial charge in [-0.05, 0) is 31.0 Å². The number of aryl methyl sites for hydroxylation is 1. The van der Waals surface area contributed by atoms with Gasteiger partial charge in [-0.2, -0.15) is 0 Å². The number of benzene rings is 1. The molecular weight excluding hydrogens is 159 g/mol. The second-order valence-corrected chi connectivity index (χ2v) is 2.85. The van der Waals surface area contributed by atoms with E-state index in [0.717, 1.165) is 0 Å². The van der Waals surface area contributed by atoms with E-state index in [0.29, 0.717) is 11.1 Å². The lowest BCUT2D eigenvalue weighted by atomic mass is 10.1. The van der Waals surface area contributed by atoms with Gasteiger partial charge in [-0.15, -0.1) is 0 Å². The molecule has 1 atom stereocenters. The number of hydrogen-bond acceptors (Lipinski definition) is 2. The van der Waals surface area contributed by atoms with Gasteiger partial charge in [0.2, 0.25) is 0 Å². The van der Waals surface area contributed by atoms with Crippen LogP contribution in [0.4, 0.5) is 4.39 Å². The molecule has 2 N–H and O–H groups in total. The topological polar surface area (TPSA) is 40.5 Å². The number of phenolic OH excluding ortho intramolecular Hbond substituents is 1. The maximum Gasteiger partial charge on any atom is 0.167 e. The standard InChI is InChI=1S/C9H11FO2/c1-5-3-7(6(2)11)4-8(12)9(5)10/h3-4,6,11-12H,1-2H3. The fourth-order valence-corrected chi connectivity index (χ4v) is 1.02. The Labute approximate surface area is 70.3 Å². The van der Waals surface area contributed by atoms with E-state index in [4.69, 9.17) is 10.2 Å². The Morgan fingerprint density at radius 3 is 2.42 bits per heavy atom. The molecule has 0 amide bonds. The second kappa shape index (κ2) is 3.11. The van der Waals surface area contributed by atoms with E-state index in [1.807, 2.05) is 0 Å². The van der Waals surface area contributed by atoms with Crippen molar-refractivity contribution in [1.29, 1.82) is 0 Å². The highest BCUT2D eigenvalue weighted by molar-refractivity contribution is 5.35. The van der Waals surface area contributed by atoms with Crippen LogP contribution in [0, 0.1) is 12.7 Å². The molecule has 0 aliphatic carbocycles. The number of phenols is 1. The van der Waals surface area contributed by atoms with Crippen molar-refractivity contribution in [3.05, 3.63) is 29.1 Å². The molecule has 1 aromatic carbocycles. The molecule has 0 saturated carbocycles. The SMILES string of the molecule is Cc1cc(C(C)O)cc(O)c1F. The van der Waals surface area contributed by atoms with Crippen LogP contribution >= 0.6 is 0 Å². The van der Waals surface area contributed by atoms with Crippen molar-refractivity contribution in [3.8, 4) is 5.75 Å². The van der Waals surface area contributed by atoms with E-state index in [2.05, 4.69) is 0 Å². The van der Waals surface area contributed by atoms with Crippen LogP contribution in [0.5, 0.6) is 5.75 Å². The highest BCUT2D eigenvalue weighted by Gasteiger charge is 2.08. The minimum atomic E-state index is -0.685. The molecule has 12 heavy (non-hydrogen) atoms. The summed E-state index contributed by atoms with van der Waals surface area (Å²) in [4.78, 5) is 0. The zero-order chi connectivity index (χ0) is 9.30. The summed E-state index contributed by atoms with van der Waals surface area (Å²) < 4.78 is 12.8. The summed E-state index contributed by atoms with van der Waals surface area (Å²) in [5.41, 5.74) is 0.859. The minimum Gasteiger partial charge on any atom is -0.505 e. The third kappa shape index (κ3) is 1.56. The molecule has 0 aliphatic heterocycles. The molecule has 0 fully saturated rings. The van der Waals surface area contributed by atoms with Gasteiger partial charge in [0.15, 0.2) is 11.6 Å². The summed E-state index contributed by atoms with van der Waals surface area (Å²) in [7, 11) is 0. The fraction of sp³-hybridized carbons (Fsp3) is 0.333. The maximum atomic E-state index is 12.8. The molecule has 1 aromatic rings. The van der Waals surface area contributed by atoms with Crippen LogP contribution in [0.25, 0.3) is 0 Å². The predicted molar refractivity (Wildman–Crippen MR) is 43.4 cm³/mol. The van der Waals surface area contributed by atoms with E-state index >= 15 is 0 Å². The van der Waals surface area contributed by atoms with E-state index in [9.17, 15) is 4.39 Å². The summed E-state index contributed by atoms with van der Waals surface area (Å²) in [5.74, 6) is -1.04. The van der Waals surface area contributed by atoms with Crippen molar-refractivity contribution in [2.45, 2.75) is 20.0 Å². The van der Waals surface area contributed by atoms with E-state index in [1.165, 1.54) is 12.1 Å². The molecule has 3 heteroatoms. The molecule has 0 saturated heterocycles. The first-order chi connectivity index (χ1) is 5.52. The number of aliphatic hydroxyl groups excluding tert-OH is 1. The highest BCUT2D eigenvalue weighted by Crippen LogP contribution is 2.24. The molecule has 2 nitrogen and oxygen atoms in total. The predicted octanol–water partition coefficient (Wildman–Crippen LogP) is 1.89. The fourth-order valence-electron chi connectivity index (χ4n) is 1.02. The number of aliphatic hydroxyl groups is 1. The first-order valence-electron chi connectivity index (χ1n) is 3.69. The van der Waals surface area contributed by atoms with Crippen molar-refractivity contribution >= 4 is 0 Å². The largest absolute Gasteiger partial charge is 0.505 e. The number of halogens is 1. The first-order valence-corrected chi connectivity index (χ1v) is 3.69. The Balaban J connectivity index is 3.21. The Morgan fingerprint density at radius 1 is 1.42 bits per heavy atom. The minimum absolute atomic E-state index is 0.339. The number of aromatic hydroxyl groups is 1. The quantitative estimate of drug-likeness (QED) is 0.675. The van der Waals surface area contributed by atoms with Crippen LogP contribution in [0.15, 0.2) is 12.1 Å². The maximum absolute atomic E-state index is 12.8. The summed E-state index contributed by atoms with van der Waals surface area (Å²) in [6.45, 7) is 3.10. The third-order valence-electron chi connectivity index (χ3n) is 1.74. The van der Waals surface area contributed by atoms with Crippen LogP contribution < -0.4 is 0 Å². The van der Waals surface area contributed by atoms with E-state index in [1.54, 1.807) is 13.8 Å². The second-order valence-electron chi connectivity index (χ2n) is 2.85.